The van der Waals surface area contributed by atoms with Gasteiger partial charge in [-0.05, 0) is 18.6 Å². The van der Waals surface area contributed by atoms with Gasteiger partial charge in [0.05, 0.1) is 30.8 Å². The first-order valence-corrected chi connectivity index (χ1v) is 7.72. The van der Waals surface area contributed by atoms with Crippen molar-refractivity contribution in [3.8, 4) is 0 Å². The molecule has 1 N–H and O–H groups in total. The summed E-state index contributed by atoms with van der Waals surface area (Å²) in [6.45, 7) is 3.70. The van der Waals surface area contributed by atoms with Gasteiger partial charge in [-0.2, -0.15) is 0 Å². The third-order valence-electron chi connectivity index (χ3n) is 4.49. The Morgan fingerprint density at radius 1 is 1.36 bits per heavy atom. The fourth-order valence-electron chi connectivity index (χ4n) is 3.48. The smallest absolute Gasteiger partial charge is 0.222 e. The van der Waals surface area contributed by atoms with E-state index in [1.165, 1.54) is 5.56 Å². The summed E-state index contributed by atoms with van der Waals surface area (Å²) in [6, 6.07) is 4.14. The predicted octanol–water partition coefficient (Wildman–Crippen LogP) is 1.92. The standard InChI is InChI=1S/C16H20N4O2/c1-4-17-15(18-5-1)19-14-8-16(22-11-14)3-6-20(12-16)9-13-2-7-21-10-13/h1-2,4-5,7,10,14H,3,6,8-9,11-12H2,(H,17,18,19). The van der Waals surface area contributed by atoms with Gasteiger partial charge in [0.15, 0.2) is 0 Å². The minimum Gasteiger partial charge on any atom is -0.472 e. The fourth-order valence-corrected chi connectivity index (χ4v) is 3.48. The highest BCUT2D eigenvalue weighted by atomic mass is 16.5. The molecular formula is C16H20N4O2. The Morgan fingerprint density at radius 3 is 3.09 bits per heavy atom. The molecule has 22 heavy (non-hydrogen) atoms. The van der Waals surface area contributed by atoms with Crippen LogP contribution in [0.2, 0.25) is 0 Å². The van der Waals surface area contributed by atoms with Crippen molar-refractivity contribution in [1.29, 1.82) is 0 Å². The van der Waals surface area contributed by atoms with Crippen LogP contribution in [-0.4, -0.2) is 46.2 Å². The van der Waals surface area contributed by atoms with Crippen LogP contribution in [0.4, 0.5) is 5.95 Å². The molecule has 6 heteroatoms. The number of rotatable bonds is 4. The summed E-state index contributed by atoms with van der Waals surface area (Å²) >= 11 is 0. The van der Waals surface area contributed by atoms with Crippen LogP contribution in [0.1, 0.15) is 18.4 Å². The van der Waals surface area contributed by atoms with Gasteiger partial charge in [0.25, 0.3) is 0 Å². The van der Waals surface area contributed by atoms with Gasteiger partial charge in [-0.1, -0.05) is 0 Å². The second-order valence-corrected chi connectivity index (χ2v) is 6.20. The molecule has 0 amide bonds. The number of anilines is 1. The molecule has 6 nitrogen and oxygen atoms in total. The number of hydrogen-bond acceptors (Lipinski definition) is 6. The third kappa shape index (κ3) is 2.84. The highest BCUT2D eigenvalue weighted by Crippen LogP contribution is 2.36. The van der Waals surface area contributed by atoms with Crippen molar-refractivity contribution in [2.24, 2.45) is 0 Å². The van der Waals surface area contributed by atoms with Crippen LogP contribution < -0.4 is 5.32 Å². The van der Waals surface area contributed by atoms with E-state index in [-0.39, 0.29) is 11.6 Å². The fraction of sp³-hybridized carbons (Fsp3) is 0.500. The number of nitrogens with one attached hydrogen (secondary N) is 1. The van der Waals surface area contributed by atoms with Gasteiger partial charge in [-0.25, -0.2) is 9.97 Å². The maximum absolute atomic E-state index is 6.15. The second-order valence-electron chi connectivity index (χ2n) is 6.20. The maximum Gasteiger partial charge on any atom is 0.222 e. The number of likely N-dealkylation sites (tertiary alicyclic amines) is 1. The zero-order valence-corrected chi connectivity index (χ0v) is 12.4. The SMILES string of the molecule is c1cnc(NC2COC3(CCN(Cc4ccoc4)C3)C2)nc1. The molecule has 2 aromatic rings. The molecule has 2 fully saturated rings. The first kappa shape index (κ1) is 13.7. The molecule has 0 saturated carbocycles. The molecule has 0 aromatic carbocycles. The van der Waals surface area contributed by atoms with E-state index >= 15 is 0 Å². The molecule has 0 radical (unpaired) electrons. The average Bonchev–Trinajstić information content (AvgIpc) is 3.25. The van der Waals surface area contributed by atoms with Crippen molar-refractivity contribution < 1.29 is 9.15 Å². The zero-order valence-electron chi connectivity index (χ0n) is 12.4. The van der Waals surface area contributed by atoms with Crippen molar-refractivity contribution in [2.75, 3.05) is 25.0 Å². The topological polar surface area (TPSA) is 63.4 Å². The molecular weight excluding hydrogens is 280 g/mol. The molecule has 4 rings (SSSR count). The molecule has 116 valence electrons. The Labute approximate surface area is 129 Å². The quantitative estimate of drug-likeness (QED) is 0.930. The first-order chi connectivity index (χ1) is 10.8. The third-order valence-corrected chi connectivity index (χ3v) is 4.49. The summed E-state index contributed by atoms with van der Waals surface area (Å²) in [5.41, 5.74) is 1.21. The summed E-state index contributed by atoms with van der Waals surface area (Å²) < 4.78 is 11.3. The number of aromatic nitrogens is 2. The Kier molecular flexibility index (Phi) is 3.56. The van der Waals surface area contributed by atoms with E-state index in [1.807, 2.05) is 18.4 Å². The second kappa shape index (κ2) is 5.70. The Bertz CT molecular complexity index is 604. The van der Waals surface area contributed by atoms with Crippen LogP contribution in [0.5, 0.6) is 0 Å². The summed E-state index contributed by atoms with van der Waals surface area (Å²) in [6.07, 6.45) is 9.14. The van der Waals surface area contributed by atoms with Crippen molar-refractivity contribution >= 4 is 5.95 Å². The Hall–Kier alpha value is -1.92. The minimum absolute atomic E-state index is 0.0177. The van der Waals surface area contributed by atoms with Crippen molar-refractivity contribution in [3.63, 3.8) is 0 Å². The summed E-state index contributed by atoms with van der Waals surface area (Å²) in [7, 11) is 0. The highest BCUT2D eigenvalue weighted by molar-refractivity contribution is 5.25. The lowest BCUT2D eigenvalue weighted by atomic mass is 9.97. The van der Waals surface area contributed by atoms with Gasteiger partial charge in [-0.3, -0.25) is 4.90 Å². The van der Waals surface area contributed by atoms with Crippen LogP contribution >= 0.6 is 0 Å². The van der Waals surface area contributed by atoms with E-state index < -0.39 is 0 Å². The average molecular weight is 300 g/mol. The molecule has 2 aliphatic rings. The molecule has 1 spiro atoms. The van der Waals surface area contributed by atoms with Gasteiger partial charge in [0, 0.05) is 44.0 Å². The summed E-state index contributed by atoms with van der Waals surface area (Å²) in [4.78, 5) is 10.9. The molecule has 2 saturated heterocycles. The molecule has 2 aliphatic heterocycles. The number of hydrogen-bond donors (Lipinski definition) is 1. The lowest BCUT2D eigenvalue weighted by Gasteiger charge is -2.23. The van der Waals surface area contributed by atoms with Gasteiger partial charge in [0.2, 0.25) is 5.95 Å². The number of ether oxygens (including phenoxy) is 1. The normalized spacial score (nSPS) is 28.5. The van der Waals surface area contributed by atoms with Crippen LogP contribution in [0.25, 0.3) is 0 Å². The van der Waals surface area contributed by atoms with Gasteiger partial charge in [-0.15, -0.1) is 0 Å². The Morgan fingerprint density at radius 2 is 2.27 bits per heavy atom. The van der Waals surface area contributed by atoms with Gasteiger partial charge in [0.1, 0.15) is 0 Å². The lowest BCUT2D eigenvalue weighted by Crippen LogP contribution is -2.33. The van der Waals surface area contributed by atoms with Crippen molar-refractivity contribution in [1.82, 2.24) is 14.9 Å². The molecule has 2 aromatic heterocycles. The number of nitrogens with zero attached hydrogens (tertiary/aromatic N) is 3. The van der Waals surface area contributed by atoms with E-state index in [0.717, 1.165) is 39.1 Å². The van der Waals surface area contributed by atoms with E-state index in [0.29, 0.717) is 5.95 Å². The summed E-state index contributed by atoms with van der Waals surface area (Å²) in [5.74, 6) is 0.682. The highest BCUT2D eigenvalue weighted by Gasteiger charge is 2.45. The molecule has 2 atom stereocenters. The van der Waals surface area contributed by atoms with Crippen molar-refractivity contribution in [2.45, 2.75) is 31.0 Å². The van der Waals surface area contributed by atoms with E-state index in [1.54, 1.807) is 18.7 Å². The van der Waals surface area contributed by atoms with Crippen LogP contribution in [0.3, 0.4) is 0 Å². The first-order valence-electron chi connectivity index (χ1n) is 7.72. The van der Waals surface area contributed by atoms with Crippen LogP contribution in [0, 0.1) is 0 Å². The van der Waals surface area contributed by atoms with Gasteiger partial charge < -0.3 is 14.5 Å². The van der Waals surface area contributed by atoms with Gasteiger partial charge >= 0.3 is 0 Å². The van der Waals surface area contributed by atoms with E-state index in [4.69, 9.17) is 9.15 Å². The van der Waals surface area contributed by atoms with Crippen LogP contribution in [0.15, 0.2) is 41.5 Å². The number of furan rings is 1. The summed E-state index contributed by atoms with van der Waals surface area (Å²) in [5, 5.41) is 3.37. The monoisotopic (exact) mass is 300 g/mol. The molecule has 4 heterocycles. The van der Waals surface area contributed by atoms with E-state index in [2.05, 4.69) is 20.2 Å². The van der Waals surface area contributed by atoms with Crippen molar-refractivity contribution in [3.05, 3.63) is 42.6 Å². The Balaban J connectivity index is 1.34. The van der Waals surface area contributed by atoms with Crippen LogP contribution in [-0.2, 0) is 11.3 Å². The zero-order chi connectivity index (χ0) is 14.8. The minimum atomic E-state index is -0.0177. The lowest BCUT2D eigenvalue weighted by molar-refractivity contribution is 0.0120. The molecule has 0 bridgehead atoms. The maximum atomic E-state index is 6.15. The largest absolute Gasteiger partial charge is 0.472 e. The molecule has 0 aliphatic carbocycles. The molecule has 2 unspecified atom stereocenters. The van der Waals surface area contributed by atoms with E-state index in [9.17, 15) is 0 Å². The predicted molar refractivity (Wildman–Crippen MR) is 81.3 cm³/mol.